The second kappa shape index (κ2) is 9.08. The van der Waals surface area contributed by atoms with Gasteiger partial charge in [0.05, 0.1) is 13.7 Å². The number of methoxy groups -OCH3 is 1. The Morgan fingerprint density at radius 3 is 2.59 bits per heavy atom. The Morgan fingerprint density at radius 1 is 1.00 bits per heavy atom. The summed E-state index contributed by atoms with van der Waals surface area (Å²) in [6.07, 6.45) is 0.712. The van der Waals surface area contributed by atoms with E-state index < -0.39 is 0 Å². The molecule has 1 amide bonds. The van der Waals surface area contributed by atoms with Crippen molar-refractivity contribution in [2.45, 2.75) is 13.3 Å². The molecule has 3 aromatic rings. The van der Waals surface area contributed by atoms with Gasteiger partial charge in [-0.25, -0.2) is 0 Å². The van der Waals surface area contributed by atoms with Crippen LogP contribution < -0.4 is 14.8 Å². The number of hydrogen-bond donors (Lipinski definition) is 1. The number of ether oxygens (including phenoxy) is 2. The summed E-state index contributed by atoms with van der Waals surface area (Å²) in [6, 6.07) is 21.9. The van der Waals surface area contributed by atoms with Gasteiger partial charge in [-0.3, -0.25) is 4.79 Å². The molecule has 0 aliphatic heterocycles. The van der Waals surface area contributed by atoms with Crippen LogP contribution >= 0.6 is 0 Å². The number of nitrogens with one attached hydrogen (secondary N) is 1. The molecule has 3 rings (SSSR count). The number of benzene rings is 3. The number of hydrogen-bond acceptors (Lipinski definition) is 3. The minimum atomic E-state index is -0.104. The summed E-state index contributed by atoms with van der Waals surface area (Å²) in [4.78, 5) is 12.4. The van der Waals surface area contributed by atoms with E-state index in [0.717, 1.165) is 11.5 Å². The Bertz CT molecular complexity index is 902. The SMILES string of the molecule is COc1cccc(OCCNC(=O)[C@H](C)Cc2cccc3ccccc23)c1. The molecule has 0 saturated heterocycles. The smallest absolute Gasteiger partial charge is 0.223 e. The molecule has 1 atom stereocenters. The van der Waals surface area contributed by atoms with E-state index in [4.69, 9.17) is 9.47 Å². The molecule has 27 heavy (non-hydrogen) atoms. The highest BCUT2D eigenvalue weighted by Crippen LogP contribution is 2.21. The Hall–Kier alpha value is -3.01. The van der Waals surface area contributed by atoms with Gasteiger partial charge in [-0.05, 0) is 34.9 Å². The summed E-state index contributed by atoms with van der Waals surface area (Å²) in [5.74, 6) is 1.41. The van der Waals surface area contributed by atoms with Gasteiger partial charge in [-0.15, -0.1) is 0 Å². The van der Waals surface area contributed by atoms with Crippen molar-refractivity contribution in [2.75, 3.05) is 20.3 Å². The molecular weight excluding hydrogens is 338 g/mol. The molecule has 3 aromatic carbocycles. The highest BCUT2D eigenvalue weighted by Gasteiger charge is 2.14. The van der Waals surface area contributed by atoms with E-state index in [9.17, 15) is 4.79 Å². The van der Waals surface area contributed by atoms with E-state index in [2.05, 4.69) is 29.6 Å². The lowest BCUT2D eigenvalue weighted by molar-refractivity contribution is -0.124. The van der Waals surface area contributed by atoms with Crippen LogP contribution in [0.1, 0.15) is 12.5 Å². The summed E-state index contributed by atoms with van der Waals surface area (Å²) in [5, 5.41) is 5.37. The zero-order chi connectivity index (χ0) is 19.1. The van der Waals surface area contributed by atoms with Crippen LogP contribution in [-0.4, -0.2) is 26.2 Å². The molecule has 0 fully saturated rings. The van der Waals surface area contributed by atoms with Gasteiger partial charge in [0.1, 0.15) is 18.1 Å². The predicted octanol–water partition coefficient (Wildman–Crippen LogP) is 4.22. The van der Waals surface area contributed by atoms with Crippen LogP contribution in [-0.2, 0) is 11.2 Å². The van der Waals surface area contributed by atoms with Gasteiger partial charge >= 0.3 is 0 Å². The predicted molar refractivity (Wildman–Crippen MR) is 108 cm³/mol. The molecule has 1 N–H and O–H groups in total. The monoisotopic (exact) mass is 363 g/mol. The van der Waals surface area contributed by atoms with Gasteiger partial charge in [0, 0.05) is 12.0 Å². The molecule has 0 unspecified atom stereocenters. The maximum absolute atomic E-state index is 12.4. The second-order valence-electron chi connectivity index (χ2n) is 6.56. The normalized spacial score (nSPS) is 11.8. The number of amides is 1. The lowest BCUT2D eigenvalue weighted by Crippen LogP contribution is -2.33. The molecule has 0 aliphatic carbocycles. The second-order valence-corrected chi connectivity index (χ2v) is 6.56. The third kappa shape index (κ3) is 5.00. The first-order valence-corrected chi connectivity index (χ1v) is 9.18. The van der Waals surface area contributed by atoms with E-state index in [1.807, 2.05) is 49.4 Å². The van der Waals surface area contributed by atoms with E-state index >= 15 is 0 Å². The van der Waals surface area contributed by atoms with Crippen LogP contribution in [0.5, 0.6) is 11.5 Å². The van der Waals surface area contributed by atoms with Crippen molar-refractivity contribution in [2.24, 2.45) is 5.92 Å². The summed E-state index contributed by atoms with van der Waals surface area (Å²) in [7, 11) is 1.62. The van der Waals surface area contributed by atoms with Crippen molar-refractivity contribution in [3.63, 3.8) is 0 Å². The Balaban J connectivity index is 1.49. The Labute approximate surface area is 160 Å². The molecule has 0 bridgehead atoms. The number of carbonyl (C=O) groups is 1. The topological polar surface area (TPSA) is 47.6 Å². The van der Waals surface area contributed by atoms with Crippen molar-refractivity contribution in [3.05, 3.63) is 72.3 Å². The first-order valence-electron chi connectivity index (χ1n) is 9.18. The summed E-state index contributed by atoms with van der Waals surface area (Å²) < 4.78 is 10.8. The Kier molecular flexibility index (Phi) is 6.31. The van der Waals surface area contributed by atoms with Gasteiger partial charge in [0.15, 0.2) is 0 Å². The fourth-order valence-corrected chi connectivity index (χ4v) is 3.10. The molecular formula is C23H25NO3. The van der Waals surface area contributed by atoms with E-state index in [1.54, 1.807) is 7.11 Å². The minimum Gasteiger partial charge on any atom is -0.497 e. The maximum atomic E-state index is 12.4. The lowest BCUT2D eigenvalue weighted by Gasteiger charge is -2.14. The molecule has 0 spiro atoms. The average molecular weight is 363 g/mol. The van der Waals surface area contributed by atoms with Gasteiger partial charge in [0.25, 0.3) is 0 Å². The molecule has 0 aromatic heterocycles. The molecule has 0 saturated carbocycles. The van der Waals surface area contributed by atoms with Gasteiger partial charge in [-0.1, -0.05) is 55.5 Å². The van der Waals surface area contributed by atoms with E-state index in [1.165, 1.54) is 16.3 Å². The van der Waals surface area contributed by atoms with Crippen molar-refractivity contribution >= 4 is 16.7 Å². The standard InChI is InChI=1S/C23H25NO3/c1-17(15-19-9-5-8-18-7-3-4-12-22(18)19)23(25)24-13-14-27-21-11-6-10-20(16-21)26-2/h3-12,16-17H,13-15H2,1-2H3,(H,24,25)/t17-/m1/s1. The van der Waals surface area contributed by atoms with Gasteiger partial charge in [-0.2, -0.15) is 0 Å². The third-order valence-electron chi connectivity index (χ3n) is 4.56. The van der Waals surface area contributed by atoms with Crippen molar-refractivity contribution in [1.29, 1.82) is 0 Å². The minimum absolute atomic E-state index is 0.0391. The molecule has 0 radical (unpaired) electrons. The first-order chi connectivity index (χ1) is 13.2. The van der Waals surface area contributed by atoms with Crippen LogP contribution in [0.2, 0.25) is 0 Å². The fraction of sp³-hybridized carbons (Fsp3) is 0.261. The molecule has 4 heteroatoms. The zero-order valence-corrected chi connectivity index (χ0v) is 15.8. The summed E-state index contributed by atoms with van der Waals surface area (Å²) >= 11 is 0. The van der Waals surface area contributed by atoms with E-state index in [-0.39, 0.29) is 11.8 Å². The largest absolute Gasteiger partial charge is 0.497 e. The van der Waals surface area contributed by atoms with Crippen molar-refractivity contribution in [1.82, 2.24) is 5.32 Å². The molecule has 4 nitrogen and oxygen atoms in total. The number of fused-ring (bicyclic) bond motifs is 1. The van der Waals surface area contributed by atoms with Crippen LogP contribution in [0.3, 0.4) is 0 Å². The van der Waals surface area contributed by atoms with Crippen LogP contribution in [0, 0.1) is 5.92 Å². The first kappa shape index (κ1) is 18.8. The van der Waals surface area contributed by atoms with Crippen molar-refractivity contribution in [3.8, 4) is 11.5 Å². The van der Waals surface area contributed by atoms with E-state index in [0.29, 0.717) is 19.6 Å². The third-order valence-corrected chi connectivity index (χ3v) is 4.56. The van der Waals surface area contributed by atoms with Crippen LogP contribution in [0.4, 0.5) is 0 Å². The highest BCUT2D eigenvalue weighted by atomic mass is 16.5. The quantitative estimate of drug-likeness (QED) is 0.610. The van der Waals surface area contributed by atoms with Gasteiger partial charge in [0.2, 0.25) is 5.91 Å². The summed E-state index contributed by atoms with van der Waals surface area (Å²) in [5.41, 5.74) is 1.20. The number of carbonyl (C=O) groups excluding carboxylic acids is 1. The summed E-state index contributed by atoms with van der Waals surface area (Å²) in [6.45, 7) is 2.84. The maximum Gasteiger partial charge on any atom is 0.223 e. The number of rotatable bonds is 8. The molecule has 0 heterocycles. The van der Waals surface area contributed by atoms with Crippen LogP contribution in [0.25, 0.3) is 10.8 Å². The van der Waals surface area contributed by atoms with Crippen molar-refractivity contribution < 1.29 is 14.3 Å². The van der Waals surface area contributed by atoms with Crippen LogP contribution in [0.15, 0.2) is 66.7 Å². The zero-order valence-electron chi connectivity index (χ0n) is 15.8. The highest BCUT2D eigenvalue weighted by molar-refractivity contribution is 5.86. The fourth-order valence-electron chi connectivity index (χ4n) is 3.10. The lowest BCUT2D eigenvalue weighted by atomic mass is 9.95. The molecule has 140 valence electrons. The van der Waals surface area contributed by atoms with Gasteiger partial charge < -0.3 is 14.8 Å². The molecule has 0 aliphatic rings. The average Bonchev–Trinajstić information content (AvgIpc) is 2.71. The Morgan fingerprint density at radius 2 is 1.74 bits per heavy atom.